The molecule has 1 aromatic rings. The lowest BCUT2D eigenvalue weighted by atomic mass is 10.1. The maximum absolute atomic E-state index is 12.0. The van der Waals surface area contributed by atoms with E-state index < -0.39 is 10.0 Å². The van der Waals surface area contributed by atoms with Gasteiger partial charge in [0.05, 0.1) is 5.75 Å². The zero-order valence-electron chi connectivity index (χ0n) is 11.1. The Hall–Kier alpha value is -0.910. The van der Waals surface area contributed by atoms with Crippen LogP contribution in [0.5, 0.6) is 0 Å². The molecule has 3 N–H and O–H groups in total. The van der Waals surface area contributed by atoms with Crippen LogP contribution in [0.25, 0.3) is 0 Å². The summed E-state index contributed by atoms with van der Waals surface area (Å²) in [4.78, 5) is 0. The highest BCUT2D eigenvalue weighted by Gasteiger charge is 2.22. The van der Waals surface area contributed by atoms with Gasteiger partial charge in [-0.05, 0) is 24.3 Å². The van der Waals surface area contributed by atoms with Gasteiger partial charge in [0, 0.05) is 12.6 Å². The van der Waals surface area contributed by atoms with Gasteiger partial charge in [0.25, 0.3) is 0 Å². The van der Waals surface area contributed by atoms with E-state index in [1.54, 1.807) is 0 Å². The number of nitrogens with two attached hydrogens (primary N) is 1. The van der Waals surface area contributed by atoms with E-state index in [-0.39, 0.29) is 18.3 Å². The van der Waals surface area contributed by atoms with Crippen molar-refractivity contribution in [2.75, 3.05) is 12.3 Å². The number of rotatable bonds is 6. The summed E-state index contributed by atoms with van der Waals surface area (Å²) < 4.78 is 26.5. The van der Waals surface area contributed by atoms with Gasteiger partial charge in [-0.3, -0.25) is 0 Å². The summed E-state index contributed by atoms with van der Waals surface area (Å²) in [6, 6.07) is 9.26. The Morgan fingerprint density at radius 3 is 2.47 bits per heavy atom. The van der Waals surface area contributed by atoms with Crippen molar-refractivity contribution in [3.8, 4) is 0 Å². The van der Waals surface area contributed by atoms with E-state index in [9.17, 15) is 8.42 Å². The molecule has 19 heavy (non-hydrogen) atoms. The minimum absolute atomic E-state index is 0.245. The average Bonchev–Trinajstić information content (AvgIpc) is 2.89. The van der Waals surface area contributed by atoms with E-state index in [2.05, 4.69) is 4.72 Å². The molecule has 1 atom stereocenters. The van der Waals surface area contributed by atoms with Gasteiger partial charge >= 0.3 is 0 Å². The normalized spacial score (nSPS) is 18.6. The lowest BCUT2D eigenvalue weighted by Crippen LogP contribution is -2.35. The molecule has 1 fully saturated rings. The second kappa shape index (κ2) is 6.50. The molecule has 0 saturated heterocycles. The Kier molecular flexibility index (Phi) is 4.96. The standard InChI is InChI=1S/C14H22N2O2S/c15-14(13-8-2-1-3-9-13)10-16-19(17,18)11-12-6-4-5-7-12/h1-3,8-9,12,14,16H,4-7,10-11,15H2. The summed E-state index contributed by atoms with van der Waals surface area (Å²) in [5.41, 5.74) is 6.93. The Labute approximate surface area is 115 Å². The van der Waals surface area contributed by atoms with Crippen LogP contribution >= 0.6 is 0 Å². The van der Waals surface area contributed by atoms with Crippen LogP contribution in [-0.4, -0.2) is 20.7 Å². The van der Waals surface area contributed by atoms with E-state index in [0.717, 1.165) is 31.2 Å². The Bertz CT molecular complexity index is 481. The maximum atomic E-state index is 12.0. The minimum atomic E-state index is -3.20. The van der Waals surface area contributed by atoms with Crippen molar-refractivity contribution in [2.45, 2.75) is 31.7 Å². The van der Waals surface area contributed by atoms with Gasteiger partial charge in [-0.2, -0.15) is 0 Å². The molecule has 4 nitrogen and oxygen atoms in total. The van der Waals surface area contributed by atoms with E-state index in [4.69, 9.17) is 5.73 Å². The number of hydrogen-bond acceptors (Lipinski definition) is 3. The van der Waals surface area contributed by atoms with Crippen LogP contribution in [0, 0.1) is 5.92 Å². The van der Waals surface area contributed by atoms with Crippen LogP contribution < -0.4 is 10.5 Å². The molecule has 0 aliphatic heterocycles. The molecule has 0 bridgehead atoms. The van der Waals surface area contributed by atoms with Gasteiger partial charge in [-0.25, -0.2) is 13.1 Å². The largest absolute Gasteiger partial charge is 0.323 e. The van der Waals surface area contributed by atoms with Crippen molar-refractivity contribution >= 4 is 10.0 Å². The second-order valence-corrected chi connectivity index (χ2v) is 7.15. The van der Waals surface area contributed by atoms with Crippen LogP contribution in [0.1, 0.15) is 37.3 Å². The fourth-order valence-corrected chi connectivity index (χ4v) is 4.09. The molecule has 5 heteroatoms. The summed E-state index contributed by atoms with van der Waals surface area (Å²) in [5, 5.41) is 0. The molecule has 1 unspecified atom stereocenters. The first-order valence-electron chi connectivity index (χ1n) is 6.85. The average molecular weight is 282 g/mol. The molecule has 2 rings (SSSR count). The first-order chi connectivity index (χ1) is 9.07. The van der Waals surface area contributed by atoms with Crippen molar-refractivity contribution in [3.05, 3.63) is 35.9 Å². The SMILES string of the molecule is NC(CNS(=O)(=O)CC1CCCC1)c1ccccc1. The molecule has 1 aliphatic rings. The third-order valence-electron chi connectivity index (χ3n) is 3.68. The third-order valence-corrected chi connectivity index (χ3v) is 5.20. The zero-order valence-corrected chi connectivity index (χ0v) is 11.9. The number of benzene rings is 1. The van der Waals surface area contributed by atoms with Crippen molar-refractivity contribution in [3.63, 3.8) is 0 Å². The molecule has 0 amide bonds. The molecule has 1 saturated carbocycles. The first-order valence-corrected chi connectivity index (χ1v) is 8.50. The van der Waals surface area contributed by atoms with E-state index in [0.29, 0.717) is 5.92 Å². The Morgan fingerprint density at radius 2 is 1.84 bits per heavy atom. The van der Waals surface area contributed by atoms with E-state index >= 15 is 0 Å². The van der Waals surface area contributed by atoms with Gasteiger partial charge in [0.2, 0.25) is 10.0 Å². The van der Waals surface area contributed by atoms with Gasteiger partial charge < -0.3 is 5.73 Å². The number of hydrogen-bond donors (Lipinski definition) is 2. The molecule has 0 aromatic heterocycles. The number of sulfonamides is 1. The molecular weight excluding hydrogens is 260 g/mol. The van der Waals surface area contributed by atoms with Gasteiger partial charge in [-0.15, -0.1) is 0 Å². The predicted molar refractivity (Wildman–Crippen MR) is 77.1 cm³/mol. The van der Waals surface area contributed by atoms with Crippen molar-refractivity contribution in [2.24, 2.45) is 11.7 Å². The van der Waals surface area contributed by atoms with E-state index in [1.807, 2.05) is 30.3 Å². The predicted octanol–water partition coefficient (Wildman–Crippen LogP) is 1.80. The smallest absolute Gasteiger partial charge is 0.211 e. The first kappa shape index (κ1) is 14.5. The zero-order chi connectivity index (χ0) is 13.7. The summed E-state index contributed by atoms with van der Waals surface area (Å²) >= 11 is 0. The minimum Gasteiger partial charge on any atom is -0.323 e. The molecule has 1 aromatic carbocycles. The topological polar surface area (TPSA) is 72.2 Å². The molecule has 1 aliphatic carbocycles. The third kappa shape index (κ3) is 4.60. The fraction of sp³-hybridized carbons (Fsp3) is 0.571. The maximum Gasteiger partial charge on any atom is 0.211 e. The van der Waals surface area contributed by atoms with Crippen LogP contribution in [0.3, 0.4) is 0 Å². The lowest BCUT2D eigenvalue weighted by molar-refractivity contribution is 0.542. The van der Waals surface area contributed by atoms with Crippen molar-refractivity contribution in [1.29, 1.82) is 0 Å². The van der Waals surface area contributed by atoms with Crippen LogP contribution in [0.4, 0.5) is 0 Å². The summed E-state index contributed by atoms with van der Waals surface area (Å²) in [6.07, 6.45) is 4.38. The Balaban J connectivity index is 1.83. The fourth-order valence-electron chi connectivity index (χ4n) is 2.58. The summed E-state index contributed by atoms with van der Waals surface area (Å²) in [6.45, 7) is 0.263. The van der Waals surface area contributed by atoms with Crippen molar-refractivity contribution in [1.82, 2.24) is 4.72 Å². The monoisotopic (exact) mass is 282 g/mol. The van der Waals surface area contributed by atoms with Gasteiger partial charge in [0.15, 0.2) is 0 Å². The summed E-state index contributed by atoms with van der Waals surface area (Å²) in [5.74, 6) is 0.569. The molecular formula is C14H22N2O2S. The van der Waals surface area contributed by atoms with Gasteiger partial charge in [0.1, 0.15) is 0 Å². The van der Waals surface area contributed by atoms with Gasteiger partial charge in [-0.1, -0.05) is 43.2 Å². The molecule has 106 valence electrons. The van der Waals surface area contributed by atoms with Crippen molar-refractivity contribution < 1.29 is 8.42 Å². The van der Waals surface area contributed by atoms with Crippen LogP contribution in [0.15, 0.2) is 30.3 Å². The Morgan fingerprint density at radius 1 is 1.21 bits per heavy atom. The highest BCUT2D eigenvalue weighted by molar-refractivity contribution is 7.89. The highest BCUT2D eigenvalue weighted by Crippen LogP contribution is 2.25. The quantitative estimate of drug-likeness (QED) is 0.835. The molecule has 0 spiro atoms. The highest BCUT2D eigenvalue weighted by atomic mass is 32.2. The summed E-state index contributed by atoms with van der Waals surface area (Å²) in [7, 11) is -3.20. The lowest BCUT2D eigenvalue weighted by Gasteiger charge is -2.15. The molecule has 0 heterocycles. The van der Waals surface area contributed by atoms with Crippen LogP contribution in [-0.2, 0) is 10.0 Å². The number of nitrogens with one attached hydrogen (secondary N) is 1. The van der Waals surface area contributed by atoms with Crippen LogP contribution in [0.2, 0.25) is 0 Å². The van der Waals surface area contributed by atoms with E-state index in [1.165, 1.54) is 0 Å². The molecule has 0 radical (unpaired) electrons. The second-order valence-electron chi connectivity index (χ2n) is 5.30.